The molecule has 3 aromatic rings. The summed E-state index contributed by atoms with van der Waals surface area (Å²) in [5, 5.41) is 14.1. The molecule has 0 aliphatic carbocycles. The van der Waals surface area contributed by atoms with E-state index in [9.17, 15) is 0 Å². The fraction of sp³-hybridized carbons (Fsp3) is 0.429. The van der Waals surface area contributed by atoms with E-state index in [0.717, 1.165) is 15.5 Å². The average molecular weight is 302 g/mol. The zero-order valence-corrected chi connectivity index (χ0v) is 13.3. The second kappa shape index (κ2) is 4.57. The van der Waals surface area contributed by atoms with Crippen molar-refractivity contribution in [2.24, 2.45) is 5.73 Å². The van der Waals surface area contributed by atoms with Crippen molar-refractivity contribution in [1.29, 1.82) is 0 Å². The molecule has 0 aromatic carbocycles. The zero-order chi connectivity index (χ0) is 15.3. The third-order valence-electron chi connectivity index (χ3n) is 4.06. The van der Waals surface area contributed by atoms with Gasteiger partial charge in [0.1, 0.15) is 5.01 Å². The minimum absolute atomic E-state index is 0.259. The van der Waals surface area contributed by atoms with Crippen LogP contribution < -0.4 is 5.73 Å². The molecule has 0 saturated carbocycles. The highest BCUT2D eigenvalue weighted by Gasteiger charge is 2.38. The maximum Gasteiger partial charge on any atom is 0.234 e. The summed E-state index contributed by atoms with van der Waals surface area (Å²) in [4.78, 5) is 4.88. The molecule has 0 unspecified atom stereocenters. The van der Waals surface area contributed by atoms with E-state index < -0.39 is 0 Å². The van der Waals surface area contributed by atoms with Crippen molar-refractivity contribution in [3.63, 3.8) is 0 Å². The zero-order valence-electron chi connectivity index (χ0n) is 12.5. The van der Waals surface area contributed by atoms with E-state index in [2.05, 4.69) is 34.1 Å². The summed E-state index contributed by atoms with van der Waals surface area (Å²) < 4.78 is 1.77. The molecule has 3 rings (SSSR count). The molecule has 0 amide bonds. The van der Waals surface area contributed by atoms with Crippen molar-refractivity contribution in [3.8, 4) is 11.4 Å². The predicted octanol–water partition coefficient (Wildman–Crippen LogP) is 2.26. The number of hydrogen-bond acceptors (Lipinski definition) is 6. The monoisotopic (exact) mass is 302 g/mol. The molecule has 0 saturated heterocycles. The van der Waals surface area contributed by atoms with Crippen LogP contribution in [0.2, 0.25) is 0 Å². The Balaban J connectivity index is 2.13. The van der Waals surface area contributed by atoms with Crippen LogP contribution in [0, 0.1) is 0 Å². The summed E-state index contributed by atoms with van der Waals surface area (Å²) in [7, 11) is 0. The maximum absolute atomic E-state index is 6.30. The standard InChI is InChI=1S/C14H18N6S/c1-13(2,14(3,4)15)11-19-20-10(17-18-12(20)21-11)9-6-5-7-16-8-9/h5-8H,15H2,1-4H3. The molecule has 7 heteroatoms. The molecule has 0 bridgehead atoms. The van der Waals surface area contributed by atoms with Gasteiger partial charge in [0.15, 0.2) is 5.82 Å². The van der Waals surface area contributed by atoms with Crippen molar-refractivity contribution in [2.45, 2.75) is 38.6 Å². The van der Waals surface area contributed by atoms with Crippen molar-refractivity contribution in [3.05, 3.63) is 29.5 Å². The van der Waals surface area contributed by atoms with Crippen molar-refractivity contribution >= 4 is 16.3 Å². The van der Waals surface area contributed by atoms with Gasteiger partial charge in [0.2, 0.25) is 4.96 Å². The lowest BCUT2D eigenvalue weighted by atomic mass is 9.76. The molecular weight excluding hydrogens is 284 g/mol. The second-order valence-electron chi connectivity index (χ2n) is 6.21. The molecular formula is C14H18N6S. The summed E-state index contributed by atoms with van der Waals surface area (Å²) in [6.45, 7) is 8.22. The van der Waals surface area contributed by atoms with Crippen LogP contribution in [-0.2, 0) is 5.41 Å². The smallest absolute Gasteiger partial charge is 0.234 e. The highest BCUT2D eigenvalue weighted by atomic mass is 32.1. The van der Waals surface area contributed by atoms with E-state index >= 15 is 0 Å². The Morgan fingerprint density at radius 3 is 2.57 bits per heavy atom. The first-order chi connectivity index (χ1) is 9.80. The molecule has 2 N–H and O–H groups in total. The number of nitrogens with zero attached hydrogens (tertiary/aromatic N) is 5. The maximum atomic E-state index is 6.30. The summed E-state index contributed by atoms with van der Waals surface area (Å²) in [5.74, 6) is 0.700. The van der Waals surface area contributed by atoms with E-state index in [1.165, 1.54) is 11.3 Å². The minimum Gasteiger partial charge on any atom is -0.325 e. The van der Waals surface area contributed by atoms with E-state index in [4.69, 9.17) is 5.73 Å². The van der Waals surface area contributed by atoms with Crippen LogP contribution >= 0.6 is 11.3 Å². The van der Waals surface area contributed by atoms with Gasteiger partial charge >= 0.3 is 0 Å². The Morgan fingerprint density at radius 1 is 1.19 bits per heavy atom. The molecule has 0 aliphatic heterocycles. The van der Waals surface area contributed by atoms with Gasteiger partial charge in [-0.25, -0.2) is 0 Å². The number of fused-ring (bicyclic) bond motifs is 1. The molecule has 3 aromatic heterocycles. The molecule has 3 heterocycles. The van der Waals surface area contributed by atoms with Gasteiger partial charge in [-0.1, -0.05) is 25.2 Å². The summed E-state index contributed by atoms with van der Waals surface area (Å²) in [6, 6.07) is 3.82. The molecule has 0 radical (unpaired) electrons. The van der Waals surface area contributed by atoms with Crippen LogP contribution in [0.1, 0.15) is 32.7 Å². The van der Waals surface area contributed by atoms with Crippen LogP contribution in [-0.4, -0.2) is 30.3 Å². The molecule has 0 aliphatic rings. The van der Waals surface area contributed by atoms with E-state index in [-0.39, 0.29) is 11.0 Å². The number of rotatable bonds is 3. The Morgan fingerprint density at radius 2 is 1.95 bits per heavy atom. The topological polar surface area (TPSA) is 82.0 Å². The number of hydrogen-bond donors (Lipinski definition) is 1. The van der Waals surface area contributed by atoms with Crippen LogP contribution in [0.3, 0.4) is 0 Å². The summed E-state index contributed by atoms with van der Waals surface area (Å²) in [6.07, 6.45) is 3.49. The van der Waals surface area contributed by atoms with Gasteiger partial charge in [0.05, 0.1) is 0 Å². The Bertz CT molecular complexity index is 766. The highest BCUT2D eigenvalue weighted by molar-refractivity contribution is 7.16. The van der Waals surface area contributed by atoms with Gasteiger partial charge in [-0.05, 0) is 26.0 Å². The molecule has 0 fully saturated rings. The SMILES string of the molecule is CC(C)(N)C(C)(C)c1nn2c(-c3cccnc3)nnc2s1. The largest absolute Gasteiger partial charge is 0.325 e. The van der Waals surface area contributed by atoms with E-state index in [1.54, 1.807) is 16.9 Å². The van der Waals surface area contributed by atoms with Crippen LogP contribution in [0.25, 0.3) is 16.3 Å². The Hall–Kier alpha value is -1.86. The predicted molar refractivity (Wildman–Crippen MR) is 83.2 cm³/mol. The fourth-order valence-electron chi connectivity index (χ4n) is 1.82. The lowest BCUT2D eigenvalue weighted by Crippen LogP contribution is -2.50. The quantitative estimate of drug-likeness (QED) is 0.802. The normalized spacial score (nSPS) is 13.0. The molecule has 0 atom stereocenters. The van der Waals surface area contributed by atoms with Gasteiger partial charge in [-0.15, -0.1) is 10.2 Å². The first-order valence-electron chi connectivity index (χ1n) is 6.73. The Kier molecular flexibility index (Phi) is 3.07. The first kappa shape index (κ1) is 14.1. The Labute approximate surface area is 127 Å². The summed E-state index contributed by atoms with van der Waals surface area (Å²) in [5.41, 5.74) is 6.55. The minimum atomic E-state index is -0.384. The lowest BCUT2D eigenvalue weighted by Gasteiger charge is -2.36. The van der Waals surface area contributed by atoms with E-state index in [1.807, 2.05) is 26.0 Å². The van der Waals surface area contributed by atoms with Gasteiger partial charge in [0, 0.05) is 28.9 Å². The van der Waals surface area contributed by atoms with Gasteiger partial charge in [-0.3, -0.25) is 4.98 Å². The third-order valence-corrected chi connectivity index (χ3v) is 5.28. The molecule has 0 spiro atoms. The lowest BCUT2D eigenvalue weighted by molar-refractivity contribution is 0.303. The van der Waals surface area contributed by atoms with Gasteiger partial charge in [0.25, 0.3) is 0 Å². The molecule has 6 nitrogen and oxygen atoms in total. The second-order valence-corrected chi connectivity index (χ2v) is 7.17. The average Bonchev–Trinajstić information content (AvgIpc) is 2.98. The number of aromatic nitrogens is 5. The van der Waals surface area contributed by atoms with Crippen LogP contribution in [0.4, 0.5) is 0 Å². The third kappa shape index (κ3) is 2.22. The first-order valence-corrected chi connectivity index (χ1v) is 7.54. The number of nitrogens with two attached hydrogens (primary N) is 1. The summed E-state index contributed by atoms with van der Waals surface area (Å²) >= 11 is 1.52. The molecule has 110 valence electrons. The highest BCUT2D eigenvalue weighted by Crippen LogP contribution is 2.36. The van der Waals surface area contributed by atoms with Crippen LogP contribution in [0.5, 0.6) is 0 Å². The van der Waals surface area contributed by atoms with Gasteiger partial charge in [-0.2, -0.15) is 9.61 Å². The van der Waals surface area contributed by atoms with Crippen LogP contribution in [0.15, 0.2) is 24.5 Å². The van der Waals surface area contributed by atoms with Crippen molar-refractivity contribution < 1.29 is 0 Å². The fourth-order valence-corrected chi connectivity index (χ4v) is 2.93. The van der Waals surface area contributed by atoms with Crippen molar-refractivity contribution in [2.75, 3.05) is 0 Å². The molecule has 21 heavy (non-hydrogen) atoms. The number of pyridine rings is 1. The van der Waals surface area contributed by atoms with Gasteiger partial charge < -0.3 is 5.73 Å². The van der Waals surface area contributed by atoms with Crippen molar-refractivity contribution in [1.82, 2.24) is 24.8 Å². The van der Waals surface area contributed by atoms with E-state index in [0.29, 0.717) is 5.82 Å².